The zero-order valence-corrected chi connectivity index (χ0v) is 12.5. The van der Waals surface area contributed by atoms with Crippen LogP contribution in [0.25, 0.3) is 0 Å². The van der Waals surface area contributed by atoms with E-state index in [4.69, 9.17) is 5.73 Å². The first-order valence-electron chi connectivity index (χ1n) is 6.51. The molecule has 2 N–H and O–H groups in total. The second-order valence-electron chi connectivity index (χ2n) is 5.35. The number of aryl methyl sites for hydroxylation is 1. The van der Waals surface area contributed by atoms with Gasteiger partial charge in [0.05, 0.1) is 0 Å². The first-order chi connectivity index (χ1) is 8.33. The minimum Gasteiger partial charge on any atom is -0.326 e. The van der Waals surface area contributed by atoms with Crippen LogP contribution < -0.4 is 5.73 Å². The second-order valence-corrected chi connectivity index (χ2v) is 5.35. The van der Waals surface area contributed by atoms with Gasteiger partial charge in [0, 0.05) is 25.7 Å². The van der Waals surface area contributed by atoms with Gasteiger partial charge in [0.15, 0.2) is 0 Å². The summed E-state index contributed by atoms with van der Waals surface area (Å²) in [6.45, 7) is 4.27. The maximum Gasteiger partial charge on any atom is 0.138 e. The Bertz CT molecular complexity index is 356. The first kappa shape index (κ1) is 16.6. The summed E-state index contributed by atoms with van der Waals surface area (Å²) in [5.41, 5.74) is 6.20. The highest BCUT2D eigenvalue weighted by molar-refractivity contribution is 5.85. The predicted octanol–water partition coefficient (Wildman–Crippen LogP) is 0.576. The van der Waals surface area contributed by atoms with Gasteiger partial charge in [0.25, 0.3) is 0 Å². The molecule has 19 heavy (non-hydrogen) atoms. The van der Waals surface area contributed by atoms with Crippen molar-refractivity contribution in [1.29, 1.82) is 0 Å². The SMILES string of the molecule is Cl.Cl.N[C@H]1CN(CCCn2cnnn2)C[C@@H]1C1CC1. The molecule has 0 radical (unpaired) electrons. The third-order valence-electron chi connectivity index (χ3n) is 3.97. The Hall–Kier alpha value is -0.430. The van der Waals surface area contributed by atoms with Gasteiger partial charge in [0.1, 0.15) is 6.33 Å². The molecule has 2 fully saturated rings. The number of hydrogen-bond acceptors (Lipinski definition) is 5. The Morgan fingerprint density at radius 2 is 1.95 bits per heavy atom. The number of tetrazole rings is 1. The van der Waals surface area contributed by atoms with Crippen molar-refractivity contribution in [3.63, 3.8) is 0 Å². The van der Waals surface area contributed by atoms with Crippen molar-refractivity contribution < 1.29 is 0 Å². The van der Waals surface area contributed by atoms with Gasteiger partial charge < -0.3 is 10.6 Å². The standard InChI is InChI=1S/C11H20N6.2ClH/c12-11-7-16(6-10(11)9-2-3-9)4-1-5-17-8-13-14-15-17;;/h8-11H,1-7,12H2;2*1H/t10-,11+;;/m1../s1. The number of halogens is 2. The van der Waals surface area contributed by atoms with E-state index in [0.717, 1.165) is 37.9 Å². The predicted molar refractivity (Wildman–Crippen MR) is 77.6 cm³/mol. The van der Waals surface area contributed by atoms with Crippen LogP contribution in [0.15, 0.2) is 6.33 Å². The van der Waals surface area contributed by atoms with Crippen LogP contribution in [-0.2, 0) is 6.54 Å². The second kappa shape index (κ2) is 7.38. The van der Waals surface area contributed by atoms with Gasteiger partial charge in [-0.3, -0.25) is 0 Å². The fourth-order valence-electron chi connectivity index (χ4n) is 2.89. The highest BCUT2D eigenvalue weighted by atomic mass is 35.5. The Kier molecular flexibility index (Phi) is 6.46. The Morgan fingerprint density at radius 3 is 2.58 bits per heavy atom. The van der Waals surface area contributed by atoms with E-state index in [0.29, 0.717) is 6.04 Å². The zero-order chi connectivity index (χ0) is 11.7. The van der Waals surface area contributed by atoms with Crippen LogP contribution in [0.3, 0.4) is 0 Å². The van der Waals surface area contributed by atoms with Crippen LogP contribution in [0, 0.1) is 11.8 Å². The summed E-state index contributed by atoms with van der Waals surface area (Å²) in [7, 11) is 0. The molecule has 1 saturated carbocycles. The lowest BCUT2D eigenvalue weighted by molar-refractivity contribution is 0.303. The summed E-state index contributed by atoms with van der Waals surface area (Å²) in [6.07, 6.45) is 5.56. The topological polar surface area (TPSA) is 72.9 Å². The van der Waals surface area contributed by atoms with Gasteiger partial charge in [0.2, 0.25) is 0 Å². The third-order valence-corrected chi connectivity index (χ3v) is 3.97. The van der Waals surface area contributed by atoms with Gasteiger partial charge in [-0.05, 0) is 48.1 Å². The van der Waals surface area contributed by atoms with E-state index in [-0.39, 0.29) is 24.8 Å². The van der Waals surface area contributed by atoms with Crippen LogP contribution in [0.5, 0.6) is 0 Å². The number of rotatable bonds is 5. The molecule has 110 valence electrons. The smallest absolute Gasteiger partial charge is 0.138 e. The molecule has 8 heteroatoms. The number of hydrogen-bond donors (Lipinski definition) is 1. The summed E-state index contributed by atoms with van der Waals surface area (Å²) in [6, 6.07) is 0.399. The Labute approximate surface area is 125 Å². The van der Waals surface area contributed by atoms with Crippen LogP contribution in [0.4, 0.5) is 0 Å². The molecular formula is C11H22Cl2N6. The highest BCUT2D eigenvalue weighted by Gasteiger charge is 2.40. The summed E-state index contributed by atoms with van der Waals surface area (Å²) < 4.78 is 1.79. The minimum atomic E-state index is 0. The summed E-state index contributed by atoms with van der Waals surface area (Å²) in [5, 5.41) is 11.1. The highest BCUT2D eigenvalue weighted by Crippen LogP contribution is 2.40. The molecule has 2 atom stereocenters. The Balaban J connectivity index is 0.000000902. The fraction of sp³-hybridized carbons (Fsp3) is 0.909. The van der Waals surface area contributed by atoms with Crippen molar-refractivity contribution in [2.45, 2.75) is 31.8 Å². The van der Waals surface area contributed by atoms with Crippen LogP contribution in [0.1, 0.15) is 19.3 Å². The fourth-order valence-corrected chi connectivity index (χ4v) is 2.89. The monoisotopic (exact) mass is 308 g/mol. The molecule has 0 amide bonds. The maximum atomic E-state index is 6.20. The van der Waals surface area contributed by atoms with Crippen molar-refractivity contribution >= 4 is 24.8 Å². The number of likely N-dealkylation sites (tertiary alicyclic amines) is 1. The van der Waals surface area contributed by atoms with E-state index in [9.17, 15) is 0 Å². The van der Waals surface area contributed by atoms with Crippen molar-refractivity contribution in [3.8, 4) is 0 Å². The average molecular weight is 309 g/mol. The molecule has 1 aromatic heterocycles. The molecule has 2 aliphatic rings. The lowest BCUT2D eigenvalue weighted by Gasteiger charge is -2.15. The maximum absolute atomic E-state index is 6.20. The molecule has 2 heterocycles. The molecule has 0 spiro atoms. The summed E-state index contributed by atoms with van der Waals surface area (Å²) in [4.78, 5) is 2.50. The number of nitrogens with zero attached hydrogens (tertiary/aromatic N) is 5. The molecule has 0 bridgehead atoms. The molecule has 6 nitrogen and oxygen atoms in total. The van der Waals surface area contributed by atoms with E-state index in [1.165, 1.54) is 19.4 Å². The van der Waals surface area contributed by atoms with Crippen LogP contribution >= 0.6 is 24.8 Å². The number of nitrogens with two attached hydrogens (primary N) is 1. The summed E-state index contributed by atoms with van der Waals surface area (Å²) >= 11 is 0. The summed E-state index contributed by atoms with van der Waals surface area (Å²) in [5.74, 6) is 1.68. The van der Waals surface area contributed by atoms with E-state index in [2.05, 4.69) is 20.4 Å². The lowest BCUT2D eigenvalue weighted by atomic mass is 9.99. The quantitative estimate of drug-likeness (QED) is 0.861. The minimum absolute atomic E-state index is 0. The largest absolute Gasteiger partial charge is 0.326 e. The van der Waals surface area contributed by atoms with E-state index < -0.39 is 0 Å². The molecule has 1 aliphatic carbocycles. The van der Waals surface area contributed by atoms with Crippen molar-refractivity contribution in [2.75, 3.05) is 19.6 Å². The van der Waals surface area contributed by atoms with Gasteiger partial charge >= 0.3 is 0 Å². The average Bonchev–Trinajstić information content (AvgIpc) is 2.89. The lowest BCUT2D eigenvalue weighted by Crippen LogP contribution is -2.30. The van der Waals surface area contributed by atoms with E-state index in [1.54, 1.807) is 11.0 Å². The first-order valence-corrected chi connectivity index (χ1v) is 6.51. The third kappa shape index (κ3) is 4.27. The van der Waals surface area contributed by atoms with Gasteiger partial charge in [-0.25, -0.2) is 4.68 Å². The van der Waals surface area contributed by atoms with Gasteiger partial charge in [-0.2, -0.15) is 0 Å². The van der Waals surface area contributed by atoms with Crippen LogP contribution in [0.2, 0.25) is 0 Å². The van der Waals surface area contributed by atoms with Gasteiger partial charge in [-0.15, -0.1) is 29.9 Å². The molecule has 0 aromatic carbocycles. The molecule has 1 saturated heterocycles. The van der Waals surface area contributed by atoms with E-state index >= 15 is 0 Å². The van der Waals surface area contributed by atoms with Crippen molar-refractivity contribution in [2.24, 2.45) is 17.6 Å². The van der Waals surface area contributed by atoms with E-state index in [1.807, 2.05) is 0 Å². The van der Waals surface area contributed by atoms with Crippen molar-refractivity contribution in [1.82, 2.24) is 25.1 Å². The Morgan fingerprint density at radius 1 is 1.16 bits per heavy atom. The molecule has 3 rings (SSSR count). The van der Waals surface area contributed by atoms with Crippen molar-refractivity contribution in [3.05, 3.63) is 6.33 Å². The molecular weight excluding hydrogens is 287 g/mol. The molecule has 1 aromatic rings. The number of aromatic nitrogens is 4. The normalized spacial score (nSPS) is 26.8. The van der Waals surface area contributed by atoms with Crippen LogP contribution in [-0.4, -0.2) is 50.8 Å². The zero-order valence-electron chi connectivity index (χ0n) is 10.9. The van der Waals surface area contributed by atoms with Gasteiger partial charge in [-0.1, -0.05) is 0 Å². The molecule has 0 unspecified atom stereocenters. The molecule has 1 aliphatic heterocycles.